The highest BCUT2D eigenvalue weighted by Crippen LogP contribution is 2.22. The van der Waals surface area contributed by atoms with Crippen molar-refractivity contribution in [2.75, 3.05) is 13.1 Å². The number of benzene rings is 2. The van der Waals surface area contributed by atoms with Crippen LogP contribution < -0.4 is 10.6 Å². The van der Waals surface area contributed by atoms with Gasteiger partial charge in [0.1, 0.15) is 5.75 Å². The molecule has 0 bridgehead atoms. The van der Waals surface area contributed by atoms with Crippen LogP contribution in [0.1, 0.15) is 36.2 Å². The Balaban J connectivity index is 1.73. The van der Waals surface area contributed by atoms with Crippen LogP contribution in [0.4, 0.5) is 0 Å². The Morgan fingerprint density at radius 1 is 0.920 bits per heavy atom. The molecule has 132 valence electrons. The summed E-state index contributed by atoms with van der Waals surface area (Å²) in [6.45, 7) is 4.74. The molecule has 0 unspecified atom stereocenters. The van der Waals surface area contributed by atoms with Crippen LogP contribution >= 0.6 is 0 Å². The van der Waals surface area contributed by atoms with E-state index in [1.807, 2.05) is 44.2 Å². The molecular weight excluding hydrogens is 316 g/mol. The summed E-state index contributed by atoms with van der Waals surface area (Å²) >= 11 is 0. The third kappa shape index (κ3) is 5.08. The number of amides is 2. The molecule has 3 N–H and O–H groups in total. The van der Waals surface area contributed by atoms with E-state index < -0.39 is 5.41 Å². The van der Waals surface area contributed by atoms with Crippen LogP contribution in [0.15, 0.2) is 54.6 Å². The van der Waals surface area contributed by atoms with E-state index in [0.29, 0.717) is 25.1 Å². The van der Waals surface area contributed by atoms with E-state index in [0.717, 1.165) is 5.56 Å². The maximum absolute atomic E-state index is 12.4. The Morgan fingerprint density at radius 3 is 2.16 bits per heavy atom. The van der Waals surface area contributed by atoms with E-state index in [9.17, 15) is 14.7 Å². The highest BCUT2D eigenvalue weighted by Gasteiger charge is 2.28. The molecule has 0 saturated carbocycles. The van der Waals surface area contributed by atoms with Gasteiger partial charge in [-0.3, -0.25) is 9.59 Å². The van der Waals surface area contributed by atoms with Crippen LogP contribution in [0.3, 0.4) is 0 Å². The molecule has 0 aliphatic heterocycles. The predicted octanol–water partition coefficient (Wildman–Crippen LogP) is 2.61. The van der Waals surface area contributed by atoms with E-state index in [1.165, 1.54) is 12.1 Å². The Labute approximate surface area is 148 Å². The highest BCUT2D eigenvalue weighted by molar-refractivity contribution is 5.94. The van der Waals surface area contributed by atoms with E-state index in [1.54, 1.807) is 12.1 Å². The van der Waals surface area contributed by atoms with Crippen LogP contribution in [0.25, 0.3) is 0 Å². The number of hydrogen-bond donors (Lipinski definition) is 3. The number of carbonyl (C=O) groups excluding carboxylic acids is 2. The summed E-state index contributed by atoms with van der Waals surface area (Å²) in [7, 11) is 0. The van der Waals surface area contributed by atoms with Gasteiger partial charge in [0.15, 0.2) is 0 Å². The minimum absolute atomic E-state index is 0.0384. The Hall–Kier alpha value is -2.82. The van der Waals surface area contributed by atoms with E-state index in [4.69, 9.17) is 0 Å². The van der Waals surface area contributed by atoms with Crippen molar-refractivity contribution >= 4 is 11.8 Å². The molecule has 2 aromatic rings. The number of hydrogen-bond acceptors (Lipinski definition) is 3. The maximum Gasteiger partial charge on any atom is 0.251 e. The number of nitrogens with one attached hydrogen (secondary N) is 2. The van der Waals surface area contributed by atoms with Crippen molar-refractivity contribution in [1.29, 1.82) is 0 Å². The standard InChI is InChI=1S/C20H24N2O3/c1-20(2,16-7-4-3-5-8-16)19(25)22-14-6-13-21-18(24)15-9-11-17(23)12-10-15/h3-5,7-12,23H,6,13-14H2,1-2H3,(H,21,24)(H,22,25). The van der Waals surface area contributed by atoms with Crippen LogP contribution in [0.2, 0.25) is 0 Å². The lowest BCUT2D eigenvalue weighted by Crippen LogP contribution is -2.41. The summed E-state index contributed by atoms with van der Waals surface area (Å²) < 4.78 is 0. The third-order valence-electron chi connectivity index (χ3n) is 4.12. The molecule has 2 amide bonds. The van der Waals surface area contributed by atoms with Gasteiger partial charge in [-0.1, -0.05) is 30.3 Å². The minimum atomic E-state index is -0.601. The van der Waals surface area contributed by atoms with Crippen LogP contribution in [-0.4, -0.2) is 30.0 Å². The zero-order valence-electron chi connectivity index (χ0n) is 14.6. The van der Waals surface area contributed by atoms with Crippen molar-refractivity contribution < 1.29 is 14.7 Å². The molecule has 0 spiro atoms. The number of phenols is 1. The van der Waals surface area contributed by atoms with Gasteiger partial charge >= 0.3 is 0 Å². The molecule has 0 radical (unpaired) electrons. The second-order valence-corrected chi connectivity index (χ2v) is 6.40. The fraction of sp³-hybridized carbons (Fsp3) is 0.300. The highest BCUT2D eigenvalue weighted by atomic mass is 16.3. The van der Waals surface area contributed by atoms with Crippen molar-refractivity contribution in [2.24, 2.45) is 0 Å². The van der Waals surface area contributed by atoms with Crippen LogP contribution in [0.5, 0.6) is 5.75 Å². The second-order valence-electron chi connectivity index (χ2n) is 6.40. The van der Waals surface area contributed by atoms with Crippen molar-refractivity contribution in [2.45, 2.75) is 25.7 Å². The van der Waals surface area contributed by atoms with Gasteiger partial charge in [-0.05, 0) is 50.1 Å². The number of phenolic OH excluding ortho intramolecular Hbond substituents is 1. The largest absolute Gasteiger partial charge is 0.508 e. The zero-order valence-corrected chi connectivity index (χ0v) is 14.6. The first kappa shape index (κ1) is 18.5. The Bertz CT molecular complexity index is 709. The summed E-state index contributed by atoms with van der Waals surface area (Å²) in [6.07, 6.45) is 0.639. The molecule has 5 nitrogen and oxygen atoms in total. The molecular formula is C20H24N2O3. The molecule has 0 aliphatic carbocycles. The van der Waals surface area contributed by atoms with Gasteiger partial charge in [-0.25, -0.2) is 0 Å². The lowest BCUT2D eigenvalue weighted by atomic mass is 9.84. The lowest BCUT2D eigenvalue weighted by molar-refractivity contribution is -0.125. The molecule has 0 fully saturated rings. The Kier molecular flexibility index (Phi) is 6.17. The zero-order chi connectivity index (χ0) is 18.3. The average molecular weight is 340 g/mol. The molecule has 0 aromatic heterocycles. The average Bonchev–Trinajstić information content (AvgIpc) is 2.62. The molecule has 0 aliphatic rings. The van der Waals surface area contributed by atoms with Gasteiger partial charge in [-0.15, -0.1) is 0 Å². The molecule has 2 rings (SSSR count). The van der Waals surface area contributed by atoms with E-state index >= 15 is 0 Å². The monoisotopic (exact) mass is 340 g/mol. The summed E-state index contributed by atoms with van der Waals surface area (Å²) in [5.41, 5.74) is 0.858. The summed E-state index contributed by atoms with van der Waals surface area (Å²) in [5, 5.41) is 14.9. The molecule has 0 atom stereocenters. The van der Waals surface area contributed by atoms with Gasteiger partial charge in [0.2, 0.25) is 5.91 Å². The van der Waals surface area contributed by atoms with Gasteiger partial charge in [0.25, 0.3) is 5.91 Å². The van der Waals surface area contributed by atoms with Gasteiger partial charge in [0.05, 0.1) is 5.41 Å². The summed E-state index contributed by atoms with van der Waals surface area (Å²) in [5.74, 6) is -0.111. The number of aromatic hydroxyl groups is 1. The molecule has 0 saturated heterocycles. The van der Waals surface area contributed by atoms with Crippen LogP contribution in [-0.2, 0) is 10.2 Å². The summed E-state index contributed by atoms with van der Waals surface area (Å²) in [6, 6.07) is 15.7. The summed E-state index contributed by atoms with van der Waals surface area (Å²) in [4.78, 5) is 24.3. The SMILES string of the molecule is CC(C)(C(=O)NCCCNC(=O)c1ccc(O)cc1)c1ccccc1. The third-order valence-corrected chi connectivity index (χ3v) is 4.12. The molecule has 5 heteroatoms. The molecule has 2 aromatic carbocycles. The fourth-order valence-electron chi connectivity index (χ4n) is 2.41. The second kappa shape index (κ2) is 8.33. The van der Waals surface area contributed by atoms with Crippen molar-refractivity contribution in [1.82, 2.24) is 10.6 Å². The van der Waals surface area contributed by atoms with Crippen LogP contribution in [0, 0.1) is 0 Å². The molecule has 25 heavy (non-hydrogen) atoms. The first-order valence-electron chi connectivity index (χ1n) is 8.32. The fourth-order valence-corrected chi connectivity index (χ4v) is 2.41. The normalized spacial score (nSPS) is 11.0. The van der Waals surface area contributed by atoms with E-state index in [-0.39, 0.29) is 17.6 Å². The van der Waals surface area contributed by atoms with Crippen molar-refractivity contribution in [3.8, 4) is 5.75 Å². The first-order chi connectivity index (χ1) is 11.9. The Morgan fingerprint density at radius 2 is 1.52 bits per heavy atom. The number of carbonyl (C=O) groups is 2. The van der Waals surface area contributed by atoms with E-state index in [2.05, 4.69) is 10.6 Å². The lowest BCUT2D eigenvalue weighted by Gasteiger charge is -2.24. The van der Waals surface area contributed by atoms with Crippen molar-refractivity contribution in [3.63, 3.8) is 0 Å². The van der Waals surface area contributed by atoms with Gasteiger partial charge < -0.3 is 15.7 Å². The maximum atomic E-state index is 12.4. The minimum Gasteiger partial charge on any atom is -0.508 e. The quantitative estimate of drug-likeness (QED) is 0.678. The predicted molar refractivity (Wildman–Crippen MR) is 97.5 cm³/mol. The van der Waals surface area contributed by atoms with Gasteiger partial charge in [0, 0.05) is 18.7 Å². The van der Waals surface area contributed by atoms with Gasteiger partial charge in [-0.2, -0.15) is 0 Å². The van der Waals surface area contributed by atoms with Crippen molar-refractivity contribution in [3.05, 3.63) is 65.7 Å². The smallest absolute Gasteiger partial charge is 0.251 e. The molecule has 0 heterocycles. The topological polar surface area (TPSA) is 78.4 Å². The first-order valence-corrected chi connectivity index (χ1v) is 8.32. The number of rotatable bonds is 7.